The van der Waals surface area contributed by atoms with Crippen LogP contribution < -0.4 is 4.74 Å². The highest BCUT2D eigenvalue weighted by Gasteiger charge is 2.11. The molecule has 104 valence electrons. The fourth-order valence-corrected chi connectivity index (χ4v) is 2.29. The molecule has 2 aromatic rings. The number of hydrogen-bond donors (Lipinski definition) is 0. The first-order valence-electron chi connectivity index (χ1n) is 5.79. The second kappa shape index (κ2) is 6.24. The summed E-state index contributed by atoms with van der Waals surface area (Å²) in [5.41, 5.74) is 1.88. The van der Waals surface area contributed by atoms with Crippen LogP contribution in [-0.2, 0) is 6.61 Å². The van der Waals surface area contributed by atoms with Crippen LogP contribution in [-0.4, -0.2) is 4.92 Å². The van der Waals surface area contributed by atoms with Crippen LogP contribution in [0.2, 0.25) is 5.02 Å². The topological polar surface area (TPSA) is 52.4 Å². The number of rotatable bonds is 4. The van der Waals surface area contributed by atoms with Crippen molar-refractivity contribution in [3.05, 3.63) is 67.1 Å². The maximum Gasteiger partial charge on any atom is 0.273 e. The van der Waals surface area contributed by atoms with Gasteiger partial charge in [0.2, 0.25) is 0 Å². The van der Waals surface area contributed by atoms with Crippen molar-refractivity contribution in [2.45, 2.75) is 13.5 Å². The summed E-state index contributed by atoms with van der Waals surface area (Å²) < 4.78 is 6.26. The van der Waals surface area contributed by atoms with Crippen LogP contribution in [0.25, 0.3) is 0 Å². The Morgan fingerprint density at radius 3 is 2.70 bits per heavy atom. The van der Waals surface area contributed by atoms with Crippen molar-refractivity contribution in [3.8, 4) is 5.75 Å². The molecule has 0 atom stereocenters. The molecule has 2 rings (SSSR count). The molecule has 4 nitrogen and oxygen atoms in total. The molecule has 20 heavy (non-hydrogen) atoms. The molecule has 6 heteroatoms. The molecule has 0 aliphatic heterocycles. The van der Waals surface area contributed by atoms with Gasteiger partial charge in [-0.1, -0.05) is 23.7 Å². The number of non-ortho nitro benzene ring substituents is 1. The summed E-state index contributed by atoms with van der Waals surface area (Å²) in [6, 6.07) is 10.0. The predicted octanol–water partition coefficient (Wildman–Crippen LogP) is 4.90. The maximum atomic E-state index is 10.7. The third-order valence-corrected chi connectivity index (χ3v) is 3.72. The largest absolute Gasteiger partial charge is 0.487 e. The molecule has 0 amide bonds. The molecule has 0 saturated heterocycles. The highest BCUT2D eigenvalue weighted by atomic mass is 79.9. The number of hydrogen-bond acceptors (Lipinski definition) is 3. The van der Waals surface area contributed by atoms with E-state index in [4.69, 9.17) is 16.3 Å². The van der Waals surface area contributed by atoms with Crippen molar-refractivity contribution in [2.24, 2.45) is 0 Å². The molecule has 0 heterocycles. The highest BCUT2D eigenvalue weighted by molar-refractivity contribution is 9.10. The van der Waals surface area contributed by atoms with E-state index in [1.807, 2.05) is 25.1 Å². The minimum Gasteiger partial charge on any atom is -0.487 e. The fourth-order valence-electron chi connectivity index (χ4n) is 1.64. The van der Waals surface area contributed by atoms with Gasteiger partial charge in [0, 0.05) is 16.7 Å². The number of ether oxygens (including phenoxy) is 1. The van der Waals surface area contributed by atoms with Crippen molar-refractivity contribution in [1.82, 2.24) is 0 Å². The first kappa shape index (κ1) is 14.8. The number of nitrogens with zero attached hydrogens (tertiary/aromatic N) is 1. The van der Waals surface area contributed by atoms with Gasteiger partial charge in [-0.2, -0.15) is 0 Å². The predicted molar refractivity (Wildman–Crippen MR) is 81.3 cm³/mol. The van der Waals surface area contributed by atoms with Gasteiger partial charge in [-0.05, 0) is 40.5 Å². The number of benzene rings is 2. The summed E-state index contributed by atoms with van der Waals surface area (Å²) in [6.45, 7) is 2.20. The van der Waals surface area contributed by atoms with E-state index in [1.54, 1.807) is 6.07 Å². The van der Waals surface area contributed by atoms with Crippen LogP contribution in [0.5, 0.6) is 5.75 Å². The van der Waals surface area contributed by atoms with E-state index in [-0.39, 0.29) is 12.3 Å². The van der Waals surface area contributed by atoms with Crippen LogP contribution in [0.3, 0.4) is 0 Å². The smallest absolute Gasteiger partial charge is 0.273 e. The molecule has 0 aliphatic rings. The SMILES string of the molecule is Cc1ccc(COc2cc([N+](=O)[O-])ccc2Br)c(Cl)c1. The summed E-state index contributed by atoms with van der Waals surface area (Å²) in [7, 11) is 0. The van der Waals surface area contributed by atoms with Gasteiger partial charge >= 0.3 is 0 Å². The molecule has 0 aliphatic carbocycles. The number of aryl methyl sites for hydroxylation is 1. The zero-order valence-electron chi connectivity index (χ0n) is 10.6. The zero-order valence-corrected chi connectivity index (χ0v) is 12.9. The van der Waals surface area contributed by atoms with E-state index in [0.29, 0.717) is 15.2 Å². The average molecular weight is 357 g/mol. The molecule has 0 radical (unpaired) electrons. The molecule has 0 saturated carbocycles. The second-order valence-corrected chi connectivity index (χ2v) is 5.52. The lowest BCUT2D eigenvalue weighted by Crippen LogP contribution is -1.98. The van der Waals surface area contributed by atoms with Gasteiger partial charge in [0.25, 0.3) is 5.69 Å². The van der Waals surface area contributed by atoms with Gasteiger partial charge in [0.1, 0.15) is 12.4 Å². The van der Waals surface area contributed by atoms with Crippen molar-refractivity contribution >= 4 is 33.2 Å². The highest BCUT2D eigenvalue weighted by Crippen LogP contribution is 2.30. The summed E-state index contributed by atoms with van der Waals surface area (Å²) in [5, 5.41) is 11.4. The Kier molecular flexibility index (Phi) is 4.62. The quantitative estimate of drug-likeness (QED) is 0.578. The van der Waals surface area contributed by atoms with Crippen molar-refractivity contribution in [2.75, 3.05) is 0 Å². The molecule has 0 aromatic heterocycles. The normalized spacial score (nSPS) is 10.3. The first-order valence-corrected chi connectivity index (χ1v) is 6.96. The Morgan fingerprint density at radius 1 is 1.30 bits per heavy atom. The Bertz CT molecular complexity index is 661. The Balaban J connectivity index is 2.18. The molecular formula is C14H11BrClNO3. The fraction of sp³-hybridized carbons (Fsp3) is 0.143. The van der Waals surface area contributed by atoms with Gasteiger partial charge in [-0.15, -0.1) is 0 Å². The molecule has 0 spiro atoms. The zero-order chi connectivity index (χ0) is 14.7. The lowest BCUT2D eigenvalue weighted by Gasteiger charge is -2.09. The Labute approximate surface area is 129 Å². The lowest BCUT2D eigenvalue weighted by molar-refractivity contribution is -0.385. The van der Waals surface area contributed by atoms with Crippen LogP contribution >= 0.6 is 27.5 Å². The van der Waals surface area contributed by atoms with Crippen LogP contribution in [0, 0.1) is 17.0 Å². The summed E-state index contributed by atoms with van der Waals surface area (Å²) in [4.78, 5) is 10.3. The molecule has 0 N–H and O–H groups in total. The van der Waals surface area contributed by atoms with Gasteiger partial charge < -0.3 is 4.74 Å². The Morgan fingerprint density at radius 2 is 2.05 bits per heavy atom. The maximum absolute atomic E-state index is 10.7. The molecular weight excluding hydrogens is 346 g/mol. The minimum atomic E-state index is -0.460. The number of nitro benzene ring substituents is 1. The Hall–Kier alpha value is -1.59. The monoisotopic (exact) mass is 355 g/mol. The molecule has 2 aromatic carbocycles. The molecule has 0 bridgehead atoms. The number of nitro groups is 1. The van der Waals surface area contributed by atoms with Crippen LogP contribution in [0.15, 0.2) is 40.9 Å². The van der Waals surface area contributed by atoms with Crippen molar-refractivity contribution in [3.63, 3.8) is 0 Å². The van der Waals surface area contributed by atoms with E-state index in [0.717, 1.165) is 11.1 Å². The van der Waals surface area contributed by atoms with E-state index in [9.17, 15) is 10.1 Å². The molecule has 0 unspecified atom stereocenters. The third-order valence-electron chi connectivity index (χ3n) is 2.72. The molecule has 0 fully saturated rings. The first-order chi connectivity index (χ1) is 9.47. The van der Waals surface area contributed by atoms with E-state index in [1.165, 1.54) is 12.1 Å². The van der Waals surface area contributed by atoms with E-state index >= 15 is 0 Å². The van der Waals surface area contributed by atoms with Gasteiger partial charge in [-0.25, -0.2) is 0 Å². The second-order valence-electron chi connectivity index (χ2n) is 4.26. The van der Waals surface area contributed by atoms with Crippen LogP contribution in [0.1, 0.15) is 11.1 Å². The minimum absolute atomic E-state index is 0.0156. The van der Waals surface area contributed by atoms with Gasteiger partial charge in [0.05, 0.1) is 15.5 Å². The van der Waals surface area contributed by atoms with E-state index < -0.39 is 4.92 Å². The average Bonchev–Trinajstić information content (AvgIpc) is 2.39. The van der Waals surface area contributed by atoms with Crippen molar-refractivity contribution < 1.29 is 9.66 Å². The lowest BCUT2D eigenvalue weighted by atomic mass is 10.1. The standard InChI is InChI=1S/C14H11BrClNO3/c1-9-2-3-10(13(16)6-9)8-20-14-7-11(17(18)19)4-5-12(14)15/h2-7H,8H2,1H3. The van der Waals surface area contributed by atoms with Gasteiger partial charge in [0.15, 0.2) is 0 Å². The third kappa shape index (κ3) is 3.49. The van der Waals surface area contributed by atoms with Crippen LogP contribution in [0.4, 0.5) is 5.69 Å². The summed E-state index contributed by atoms with van der Waals surface area (Å²) in [5.74, 6) is 0.413. The van der Waals surface area contributed by atoms with E-state index in [2.05, 4.69) is 15.9 Å². The van der Waals surface area contributed by atoms with Gasteiger partial charge in [-0.3, -0.25) is 10.1 Å². The van der Waals surface area contributed by atoms with Crippen molar-refractivity contribution in [1.29, 1.82) is 0 Å². The number of halogens is 2. The summed E-state index contributed by atoms with van der Waals surface area (Å²) in [6.07, 6.45) is 0. The summed E-state index contributed by atoms with van der Waals surface area (Å²) >= 11 is 9.42.